The van der Waals surface area contributed by atoms with E-state index >= 15 is 0 Å². The molecule has 25 heavy (non-hydrogen) atoms. The summed E-state index contributed by atoms with van der Waals surface area (Å²) >= 11 is 3.27. The average Bonchev–Trinajstić information content (AvgIpc) is 3.32. The van der Waals surface area contributed by atoms with Crippen molar-refractivity contribution in [3.63, 3.8) is 0 Å². The van der Waals surface area contributed by atoms with Gasteiger partial charge in [0.2, 0.25) is 5.13 Å². The van der Waals surface area contributed by atoms with Crippen molar-refractivity contribution in [3.05, 3.63) is 21.9 Å². The number of hydrogen-bond acceptors (Lipinski definition) is 7. The molecule has 0 atom stereocenters. The Kier molecular flexibility index (Phi) is 6.19. The van der Waals surface area contributed by atoms with Crippen LogP contribution in [0, 0.1) is 0 Å². The summed E-state index contributed by atoms with van der Waals surface area (Å²) in [6.45, 7) is 8.72. The summed E-state index contributed by atoms with van der Waals surface area (Å²) in [5, 5.41) is 5.59. The minimum absolute atomic E-state index is 0.730. The third-order valence-corrected chi connectivity index (χ3v) is 6.14. The van der Waals surface area contributed by atoms with Crippen molar-refractivity contribution in [2.24, 2.45) is 4.99 Å². The number of hydrogen-bond donors (Lipinski definition) is 1. The maximum atomic E-state index is 4.59. The van der Waals surface area contributed by atoms with Crippen molar-refractivity contribution in [3.8, 4) is 0 Å². The molecule has 7 nitrogen and oxygen atoms in total. The highest BCUT2D eigenvalue weighted by Gasteiger charge is 2.22. The summed E-state index contributed by atoms with van der Waals surface area (Å²) in [4.78, 5) is 19.4. The van der Waals surface area contributed by atoms with Crippen molar-refractivity contribution in [1.82, 2.24) is 24.6 Å². The molecular weight excluding hydrogens is 354 g/mol. The van der Waals surface area contributed by atoms with Crippen molar-refractivity contribution in [2.75, 3.05) is 38.1 Å². The van der Waals surface area contributed by atoms with E-state index in [9.17, 15) is 0 Å². The van der Waals surface area contributed by atoms with Crippen LogP contribution in [0.25, 0.3) is 0 Å². The van der Waals surface area contributed by atoms with E-state index in [1.165, 1.54) is 16.4 Å². The molecule has 3 heterocycles. The minimum Gasteiger partial charge on any atom is -0.350 e. The van der Waals surface area contributed by atoms with E-state index in [1.54, 1.807) is 11.3 Å². The number of nitrogens with one attached hydrogen (secondary N) is 1. The number of rotatable bonds is 5. The summed E-state index contributed by atoms with van der Waals surface area (Å²) in [6.07, 6.45) is 3.90. The molecule has 3 rings (SSSR count). The number of guanidine groups is 1. The molecule has 1 N–H and O–H groups in total. The van der Waals surface area contributed by atoms with Gasteiger partial charge in [0, 0.05) is 62.3 Å². The van der Waals surface area contributed by atoms with Gasteiger partial charge in [0.05, 0.1) is 6.54 Å². The summed E-state index contributed by atoms with van der Waals surface area (Å²) < 4.78 is 4.39. The predicted molar refractivity (Wildman–Crippen MR) is 105 cm³/mol. The number of aromatic nitrogens is 3. The number of anilines is 1. The molecule has 136 valence electrons. The molecule has 0 aliphatic carbocycles. The molecule has 0 saturated carbocycles. The first kappa shape index (κ1) is 18.1. The van der Waals surface area contributed by atoms with Gasteiger partial charge in [0.1, 0.15) is 10.8 Å². The Morgan fingerprint density at radius 2 is 2.04 bits per heavy atom. The first-order valence-electron chi connectivity index (χ1n) is 8.70. The van der Waals surface area contributed by atoms with Crippen molar-refractivity contribution >= 4 is 34.0 Å². The fraction of sp³-hybridized carbons (Fsp3) is 0.625. The molecule has 2 aromatic heterocycles. The topological polar surface area (TPSA) is 69.5 Å². The van der Waals surface area contributed by atoms with E-state index in [1.807, 2.05) is 13.2 Å². The molecule has 1 saturated heterocycles. The highest BCUT2D eigenvalue weighted by Crippen LogP contribution is 2.19. The van der Waals surface area contributed by atoms with E-state index in [2.05, 4.69) is 48.3 Å². The molecule has 2 aromatic rings. The van der Waals surface area contributed by atoms with Crippen LogP contribution in [0.1, 0.15) is 29.6 Å². The lowest BCUT2D eigenvalue weighted by Crippen LogP contribution is -2.52. The van der Waals surface area contributed by atoms with Crippen LogP contribution in [0.2, 0.25) is 0 Å². The molecule has 1 fully saturated rings. The van der Waals surface area contributed by atoms with Gasteiger partial charge >= 0.3 is 0 Å². The van der Waals surface area contributed by atoms with E-state index < -0.39 is 0 Å². The fourth-order valence-corrected chi connectivity index (χ4v) is 4.31. The molecule has 0 unspecified atom stereocenters. The van der Waals surface area contributed by atoms with Crippen LogP contribution in [0.15, 0.2) is 11.2 Å². The highest BCUT2D eigenvalue weighted by atomic mass is 32.1. The zero-order chi connectivity index (χ0) is 17.6. The first-order chi connectivity index (χ1) is 12.2. The van der Waals surface area contributed by atoms with Crippen LogP contribution < -0.4 is 10.2 Å². The molecule has 0 amide bonds. The summed E-state index contributed by atoms with van der Waals surface area (Å²) in [6, 6.07) is 0. The quantitative estimate of drug-likeness (QED) is 0.633. The third kappa shape index (κ3) is 4.46. The lowest BCUT2D eigenvalue weighted by atomic mass is 10.3. The van der Waals surface area contributed by atoms with E-state index in [0.717, 1.165) is 67.5 Å². The van der Waals surface area contributed by atoms with Gasteiger partial charge in [-0.05, 0) is 6.42 Å². The SMILES string of the molecule is CCc1nsc(N2CCN(C(=NC)NCc3ncc(CC)s3)CC2)n1. The van der Waals surface area contributed by atoms with Gasteiger partial charge in [-0.15, -0.1) is 11.3 Å². The Labute approximate surface area is 157 Å². The smallest absolute Gasteiger partial charge is 0.205 e. The zero-order valence-electron chi connectivity index (χ0n) is 15.0. The van der Waals surface area contributed by atoms with Gasteiger partial charge in [0.15, 0.2) is 5.96 Å². The summed E-state index contributed by atoms with van der Waals surface area (Å²) in [7, 11) is 1.84. The van der Waals surface area contributed by atoms with Gasteiger partial charge < -0.3 is 15.1 Å². The summed E-state index contributed by atoms with van der Waals surface area (Å²) in [5.41, 5.74) is 0. The number of thiazole rings is 1. The Morgan fingerprint density at radius 1 is 1.24 bits per heavy atom. The zero-order valence-corrected chi connectivity index (χ0v) is 16.7. The van der Waals surface area contributed by atoms with E-state index in [-0.39, 0.29) is 0 Å². The second-order valence-electron chi connectivity index (χ2n) is 5.80. The second kappa shape index (κ2) is 8.57. The van der Waals surface area contributed by atoms with Crippen LogP contribution in [0.3, 0.4) is 0 Å². The van der Waals surface area contributed by atoms with Crippen LogP contribution in [0.5, 0.6) is 0 Å². The number of piperazine rings is 1. The molecule has 0 aromatic carbocycles. The van der Waals surface area contributed by atoms with E-state index in [0.29, 0.717) is 0 Å². The van der Waals surface area contributed by atoms with E-state index in [4.69, 9.17) is 0 Å². The van der Waals surface area contributed by atoms with Crippen LogP contribution in [0.4, 0.5) is 5.13 Å². The lowest BCUT2D eigenvalue weighted by molar-refractivity contribution is 0.372. The number of aliphatic imine (C=N–C) groups is 1. The number of aryl methyl sites for hydroxylation is 2. The largest absolute Gasteiger partial charge is 0.350 e. The van der Waals surface area contributed by atoms with Gasteiger partial charge in [-0.3, -0.25) is 4.99 Å². The maximum Gasteiger partial charge on any atom is 0.205 e. The molecule has 0 radical (unpaired) electrons. The molecule has 0 spiro atoms. The third-order valence-electron chi connectivity index (χ3n) is 4.18. The number of nitrogens with zero attached hydrogens (tertiary/aromatic N) is 6. The Morgan fingerprint density at radius 3 is 2.64 bits per heavy atom. The van der Waals surface area contributed by atoms with Gasteiger partial charge in [0.25, 0.3) is 0 Å². The van der Waals surface area contributed by atoms with Crippen molar-refractivity contribution < 1.29 is 0 Å². The predicted octanol–water partition coefficient (Wildman–Crippen LogP) is 2.02. The van der Waals surface area contributed by atoms with Crippen LogP contribution in [-0.4, -0.2) is 58.4 Å². The first-order valence-corrected chi connectivity index (χ1v) is 10.3. The standard InChI is InChI=1S/C16H25N7S2/c1-4-12-10-18-14(24-12)11-19-15(17-3)22-6-8-23(9-7-22)16-20-13(5-2)21-25-16/h10H,4-9,11H2,1-3H3,(H,17,19). The van der Waals surface area contributed by atoms with Crippen molar-refractivity contribution in [2.45, 2.75) is 33.2 Å². The summed E-state index contributed by atoms with van der Waals surface area (Å²) in [5.74, 6) is 1.88. The van der Waals surface area contributed by atoms with Crippen LogP contribution >= 0.6 is 22.9 Å². The normalized spacial score (nSPS) is 15.7. The van der Waals surface area contributed by atoms with Gasteiger partial charge in [-0.1, -0.05) is 13.8 Å². The molecule has 9 heteroatoms. The average molecular weight is 380 g/mol. The monoisotopic (exact) mass is 379 g/mol. The molecule has 1 aliphatic rings. The molecule has 1 aliphatic heterocycles. The van der Waals surface area contributed by atoms with Gasteiger partial charge in [-0.25, -0.2) is 9.97 Å². The van der Waals surface area contributed by atoms with Gasteiger partial charge in [-0.2, -0.15) is 4.37 Å². The fourth-order valence-electron chi connectivity index (χ4n) is 2.71. The maximum absolute atomic E-state index is 4.59. The Bertz CT molecular complexity index is 701. The second-order valence-corrected chi connectivity index (χ2v) is 7.73. The van der Waals surface area contributed by atoms with Crippen molar-refractivity contribution in [1.29, 1.82) is 0 Å². The van der Waals surface area contributed by atoms with Crippen LogP contribution in [-0.2, 0) is 19.4 Å². The molecular formula is C16H25N7S2. The lowest BCUT2D eigenvalue weighted by Gasteiger charge is -2.36. The Hall–Kier alpha value is -1.74. The minimum atomic E-state index is 0.730. The molecule has 0 bridgehead atoms. The Balaban J connectivity index is 1.51. The highest BCUT2D eigenvalue weighted by molar-refractivity contribution is 7.11.